The van der Waals surface area contributed by atoms with Crippen molar-refractivity contribution in [2.45, 2.75) is 11.5 Å². The van der Waals surface area contributed by atoms with Crippen molar-refractivity contribution >= 4 is 41.2 Å². The summed E-state index contributed by atoms with van der Waals surface area (Å²) in [5, 5.41) is 27.1. The van der Waals surface area contributed by atoms with Gasteiger partial charge in [0.1, 0.15) is 0 Å². The predicted octanol–water partition coefficient (Wildman–Crippen LogP) is 1.09. The van der Waals surface area contributed by atoms with Crippen molar-refractivity contribution in [3.05, 3.63) is 11.6 Å². The molecule has 2 N–H and O–H groups in total. The van der Waals surface area contributed by atoms with Crippen molar-refractivity contribution in [3.8, 4) is 0 Å². The quantitative estimate of drug-likeness (QED) is 0.568. The standard InChI is InChI=1S/C4H6N8S4/c1(3-5-9-10-6-3)13-15-16-14-2-4-7-11-12-8-4/h1-2H2,(H,5,6,9,10)(H,7,8,11,12). The molecule has 12 heteroatoms. The van der Waals surface area contributed by atoms with Gasteiger partial charge in [0, 0.05) is 0 Å². The van der Waals surface area contributed by atoms with Gasteiger partial charge in [-0.2, -0.15) is 10.4 Å². The number of hydrogen-bond acceptors (Lipinski definition) is 10. The highest BCUT2D eigenvalue weighted by molar-refractivity contribution is 9.25. The van der Waals surface area contributed by atoms with E-state index in [2.05, 4.69) is 41.2 Å². The Bertz CT molecular complexity index is 336. The molecule has 2 rings (SSSR count). The van der Waals surface area contributed by atoms with Gasteiger partial charge in [0.05, 0.1) is 11.5 Å². The maximum atomic E-state index is 3.84. The minimum atomic E-state index is 0.710. The van der Waals surface area contributed by atoms with Crippen molar-refractivity contribution in [2.75, 3.05) is 0 Å². The highest BCUT2D eigenvalue weighted by atomic mass is 33.7. The zero-order chi connectivity index (χ0) is 11.1. The molecule has 16 heavy (non-hydrogen) atoms. The summed E-state index contributed by atoms with van der Waals surface area (Å²) in [4.78, 5) is 0. The fourth-order valence-electron chi connectivity index (χ4n) is 0.680. The number of rotatable bonds is 7. The van der Waals surface area contributed by atoms with E-state index in [1.165, 1.54) is 0 Å². The Morgan fingerprint density at radius 2 is 1.31 bits per heavy atom. The van der Waals surface area contributed by atoms with E-state index in [4.69, 9.17) is 0 Å². The lowest BCUT2D eigenvalue weighted by molar-refractivity contribution is 0.881. The highest BCUT2D eigenvalue weighted by Gasteiger charge is 2.01. The second kappa shape index (κ2) is 6.98. The van der Waals surface area contributed by atoms with Gasteiger partial charge in [-0.05, 0) is 19.7 Å². The average molecular weight is 294 g/mol. The first-order valence-corrected chi connectivity index (χ1v) is 9.13. The molecule has 0 atom stereocenters. The largest absolute Gasteiger partial charge is 0.185 e. The maximum absolute atomic E-state index is 3.84. The van der Waals surface area contributed by atoms with Crippen molar-refractivity contribution in [2.24, 2.45) is 0 Å². The third-order valence-corrected chi connectivity index (χ3v) is 7.46. The normalized spacial score (nSPS) is 10.8. The first-order chi connectivity index (χ1) is 7.95. The molecule has 0 saturated heterocycles. The van der Waals surface area contributed by atoms with Crippen molar-refractivity contribution in [1.82, 2.24) is 41.2 Å². The molecule has 8 nitrogen and oxygen atoms in total. The van der Waals surface area contributed by atoms with Gasteiger partial charge < -0.3 is 0 Å². The van der Waals surface area contributed by atoms with Crippen molar-refractivity contribution in [3.63, 3.8) is 0 Å². The van der Waals surface area contributed by atoms with E-state index in [1.807, 2.05) is 0 Å². The first kappa shape index (κ1) is 12.0. The number of hydrogen-bond donors (Lipinski definition) is 2. The van der Waals surface area contributed by atoms with Gasteiger partial charge in [0.2, 0.25) is 0 Å². The van der Waals surface area contributed by atoms with Gasteiger partial charge in [0.15, 0.2) is 11.6 Å². The molecule has 2 aromatic heterocycles. The average Bonchev–Trinajstić information content (AvgIpc) is 2.96. The van der Waals surface area contributed by atoms with E-state index >= 15 is 0 Å². The number of nitrogens with one attached hydrogen (secondary N) is 2. The van der Waals surface area contributed by atoms with E-state index in [0.29, 0.717) is 11.6 Å². The zero-order valence-corrected chi connectivity index (χ0v) is 11.0. The third kappa shape index (κ3) is 4.19. The van der Waals surface area contributed by atoms with E-state index in [0.717, 1.165) is 11.5 Å². The molecule has 0 saturated carbocycles. The Morgan fingerprint density at radius 3 is 1.69 bits per heavy atom. The summed E-state index contributed by atoms with van der Waals surface area (Å²) >= 11 is 0. The SMILES string of the molecule is C(SSSSCc1nn[nH]n1)c1nn[nH]n1. The molecule has 0 fully saturated rings. The van der Waals surface area contributed by atoms with E-state index in [9.17, 15) is 0 Å². The molecular weight excluding hydrogens is 288 g/mol. The Kier molecular flexibility index (Phi) is 5.24. The Labute approximate surface area is 105 Å². The fraction of sp³-hybridized carbons (Fsp3) is 0.500. The lowest BCUT2D eigenvalue weighted by atomic mass is 10.8. The molecule has 0 aromatic carbocycles. The lowest BCUT2D eigenvalue weighted by Crippen LogP contribution is -1.81. The summed E-state index contributed by atoms with van der Waals surface area (Å²) < 4.78 is 0. The van der Waals surface area contributed by atoms with Gasteiger partial charge in [-0.15, -0.1) is 20.4 Å². The summed E-state index contributed by atoms with van der Waals surface area (Å²) in [6.45, 7) is 0. The molecule has 0 radical (unpaired) electrons. The van der Waals surface area contributed by atoms with Gasteiger partial charge in [-0.3, -0.25) is 0 Å². The molecule has 0 spiro atoms. The molecule has 0 amide bonds. The minimum absolute atomic E-state index is 0.710. The van der Waals surface area contributed by atoms with Crippen LogP contribution in [-0.4, -0.2) is 41.2 Å². The number of aromatic nitrogens is 8. The van der Waals surface area contributed by atoms with Crippen LogP contribution in [0.15, 0.2) is 0 Å². The molecule has 86 valence electrons. The van der Waals surface area contributed by atoms with Crippen molar-refractivity contribution in [1.29, 1.82) is 0 Å². The highest BCUT2D eigenvalue weighted by Crippen LogP contribution is 2.44. The van der Waals surface area contributed by atoms with Gasteiger partial charge in [-0.25, -0.2) is 0 Å². The molecule has 0 aliphatic heterocycles. The summed E-state index contributed by atoms with van der Waals surface area (Å²) in [5.74, 6) is 2.89. The van der Waals surface area contributed by atoms with Crippen LogP contribution in [0.25, 0.3) is 0 Å². The minimum Gasteiger partial charge on any atom is -0.177 e. The smallest absolute Gasteiger partial charge is 0.177 e. The molecule has 2 heterocycles. The van der Waals surface area contributed by atoms with Crippen LogP contribution >= 0.6 is 41.2 Å². The second-order valence-electron chi connectivity index (χ2n) is 2.32. The lowest BCUT2D eigenvalue weighted by Gasteiger charge is -1.95. The first-order valence-electron chi connectivity index (χ1n) is 3.97. The Hall–Kier alpha value is -0.460. The number of tetrazole rings is 2. The maximum Gasteiger partial charge on any atom is 0.185 e. The number of aromatic amines is 2. The summed E-state index contributed by atoms with van der Waals surface area (Å²) in [5.41, 5.74) is 0. The zero-order valence-electron chi connectivity index (χ0n) is 7.73. The number of nitrogens with zero attached hydrogens (tertiary/aromatic N) is 6. The third-order valence-electron chi connectivity index (χ3n) is 1.28. The van der Waals surface area contributed by atoms with Crippen molar-refractivity contribution < 1.29 is 0 Å². The molecule has 0 aliphatic carbocycles. The second-order valence-corrected chi connectivity index (χ2v) is 8.32. The van der Waals surface area contributed by atoms with E-state index in [-0.39, 0.29) is 0 Å². The van der Waals surface area contributed by atoms with Crippen LogP contribution < -0.4 is 0 Å². The van der Waals surface area contributed by atoms with Gasteiger partial charge in [0.25, 0.3) is 0 Å². The predicted molar refractivity (Wildman–Crippen MR) is 66.1 cm³/mol. The van der Waals surface area contributed by atoms with Crippen LogP contribution in [0.5, 0.6) is 0 Å². The number of H-pyrrole nitrogens is 2. The topological polar surface area (TPSA) is 109 Å². The van der Waals surface area contributed by atoms with Crippen LogP contribution in [0, 0.1) is 0 Å². The molecule has 2 aromatic rings. The summed E-state index contributed by atoms with van der Waals surface area (Å²) in [7, 11) is 6.64. The summed E-state index contributed by atoms with van der Waals surface area (Å²) in [6, 6.07) is 0. The van der Waals surface area contributed by atoms with Crippen LogP contribution in [0.4, 0.5) is 0 Å². The fourth-order valence-corrected chi connectivity index (χ4v) is 6.16. The van der Waals surface area contributed by atoms with Crippen LogP contribution in [0.2, 0.25) is 0 Å². The van der Waals surface area contributed by atoms with Gasteiger partial charge in [-0.1, -0.05) is 32.0 Å². The molecule has 0 aliphatic rings. The monoisotopic (exact) mass is 294 g/mol. The van der Waals surface area contributed by atoms with E-state index in [1.54, 1.807) is 41.2 Å². The van der Waals surface area contributed by atoms with Crippen LogP contribution in [-0.2, 0) is 11.5 Å². The Morgan fingerprint density at radius 1 is 0.812 bits per heavy atom. The molecule has 0 unspecified atom stereocenters. The Balaban J connectivity index is 1.49. The van der Waals surface area contributed by atoms with Gasteiger partial charge >= 0.3 is 0 Å². The van der Waals surface area contributed by atoms with E-state index < -0.39 is 0 Å². The molecule has 0 bridgehead atoms. The van der Waals surface area contributed by atoms with Crippen LogP contribution in [0.1, 0.15) is 11.6 Å². The van der Waals surface area contributed by atoms with Crippen LogP contribution in [0.3, 0.4) is 0 Å². The molecular formula is C4H6N8S4. The summed E-state index contributed by atoms with van der Waals surface area (Å²) in [6.07, 6.45) is 0.